The molecule has 6 nitrogen and oxygen atoms in total. The highest BCUT2D eigenvalue weighted by Crippen LogP contribution is 2.25. The molecular weight excluding hydrogens is 244 g/mol. The zero-order valence-electron chi connectivity index (χ0n) is 8.50. The summed E-state index contributed by atoms with van der Waals surface area (Å²) < 4.78 is 0. The van der Waals surface area contributed by atoms with Crippen molar-refractivity contribution < 1.29 is 4.92 Å². The summed E-state index contributed by atoms with van der Waals surface area (Å²) in [4.78, 5) is 17.9. The van der Waals surface area contributed by atoms with Crippen molar-refractivity contribution in [1.82, 2.24) is 9.97 Å². The molecule has 2 aromatic heterocycles. The highest BCUT2D eigenvalue weighted by molar-refractivity contribution is 6.30. The van der Waals surface area contributed by atoms with E-state index in [0.29, 0.717) is 16.5 Å². The molecule has 0 atom stereocenters. The van der Waals surface area contributed by atoms with Gasteiger partial charge in [-0.3, -0.25) is 15.1 Å². The van der Waals surface area contributed by atoms with Crippen molar-refractivity contribution in [2.45, 2.75) is 0 Å². The van der Waals surface area contributed by atoms with Crippen molar-refractivity contribution in [3.8, 4) is 0 Å². The highest BCUT2D eigenvalue weighted by Gasteiger charge is 2.13. The third-order valence-electron chi connectivity index (χ3n) is 1.99. The van der Waals surface area contributed by atoms with Gasteiger partial charge in [0.2, 0.25) is 0 Å². The van der Waals surface area contributed by atoms with Gasteiger partial charge in [0.25, 0.3) is 0 Å². The quantitative estimate of drug-likeness (QED) is 0.669. The van der Waals surface area contributed by atoms with E-state index in [4.69, 9.17) is 11.6 Å². The van der Waals surface area contributed by atoms with Crippen molar-refractivity contribution in [3.63, 3.8) is 0 Å². The van der Waals surface area contributed by atoms with Gasteiger partial charge in [-0.05, 0) is 18.2 Å². The molecule has 0 aliphatic carbocycles. The van der Waals surface area contributed by atoms with Gasteiger partial charge in [0.1, 0.15) is 17.7 Å². The number of hydrogen-bond donors (Lipinski definition) is 1. The van der Waals surface area contributed by atoms with Crippen LogP contribution >= 0.6 is 11.6 Å². The second kappa shape index (κ2) is 4.75. The number of nitrogens with zero attached hydrogens (tertiary/aromatic N) is 3. The molecule has 0 spiro atoms. The Labute approximate surface area is 101 Å². The van der Waals surface area contributed by atoms with E-state index in [2.05, 4.69) is 15.3 Å². The van der Waals surface area contributed by atoms with Crippen LogP contribution in [0.5, 0.6) is 0 Å². The Hall–Kier alpha value is -2.21. The summed E-state index contributed by atoms with van der Waals surface area (Å²) >= 11 is 5.69. The summed E-state index contributed by atoms with van der Waals surface area (Å²) in [6.07, 6.45) is 4.10. The lowest BCUT2D eigenvalue weighted by Gasteiger charge is -2.05. The van der Waals surface area contributed by atoms with E-state index in [1.807, 2.05) is 0 Å². The number of pyridine rings is 2. The summed E-state index contributed by atoms with van der Waals surface area (Å²) in [5, 5.41) is 14.1. The molecule has 2 rings (SSSR count). The molecule has 0 saturated heterocycles. The molecular formula is C10H7ClN4O2. The number of halogens is 1. The highest BCUT2D eigenvalue weighted by atomic mass is 35.5. The lowest BCUT2D eigenvalue weighted by molar-refractivity contribution is -0.384. The first kappa shape index (κ1) is 11.3. The van der Waals surface area contributed by atoms with Gasteiger partial charge in [-0.2, -0.15) is 0 Å². The second-order valence-corrected chi connectivity index (χ2v) is 3.57. The van der Waals surface area contributed by atoms with E-state index in [1.165, 1.54) is 24.7 Å². The summed E-state index contributed by atoms with van der Waals surface area (Å²) in [5.74, 6) is 0.476. The minimum absolute atomic E-state index is 0.107. The smallest absolute Gasteiger partial charge is 0.310 e. The van der Waals surface area contributed by atoms with Gasteiger partial charge in [-0.25, -0.2) is 4.98 Å². The molecule has 1 N–H and O–H groups in total. The molecule has 86 valence electrons. The van der Waals surface area contributed by atoms with E-state index in [0.717, 1.165) is 0 Å². The molecule has 7 heteroatoms. The first-order valence-corrected chi connectivity index (χ1v) is 5.01. The average Bonchev–Trinajstić information content (AvgIpc) is 2.32. The van der Waals surface area contributed by atoms with Gasteiger partial charge in [-0.1, -0.05) is 11.6 Å². The second-order valence-electron chi connectivity index (χ2n) is 3.14. The van der Waals surface area contributed by atoms with Crippen LogP contribution in [0.3, 0.4) is 0 Å². The Balaban J connectivity index is 2.30. The summed E-state index contributed by atoms with van der Waals surface area (Å²) in [5.41, 5.74) is 0.226. The standard InChI is InChI=1S/C10H7ClN4O2/c11-7-1-2-10(13-5-7)14-8-3-4-12-6-9(8)15(16)17/h1-6H,(H,12,13,14). The van der Waals surface area contributed by atoms with Crippen LogP contribution in [0.15, 0.2) is 36.8 Å². The Kier molecular flexibility index (Phi) is 3.15. The number of anilines is 2. The maximum absolute atomic E-state index is 10.8. The molecule has 0 aliphatic heterocycles. The third-order valence-corrected chi connectivity index (χ3v) is 2.21. The van der Waals surface area contributed by atoms with Crippen LogP contribution in [0.2, 0.25) is 5.02 Å². The van der Waals surface area contributed by atoms with Crippen molar-refractivity contribution in [1.29, 1.82) is 0 Å². The average molecular weight is 251 g/mol. The predicted molar refractivity (Wildman–Crippen MR) is 63.4 cm³/mol. The third kappa shape index (κ3) is 2.67. The van der Waals surface area contributed by atoms with Crippen LogP contribution in [0.25, 0.3) is 0 Å². The maximum Gasteiger partial charge on any atom is 0.310 e. The van der Waals surface area contributed by atoms with Crippen LogP contribution in [0, 0.1) is 10.1 Å². The lowest BCUT2D eigenvalue weighted by atomic mass is 10.3. The zero-order chi connectivity index (χ0) is 12.3. The van der Waals surface area contributed by atoms with Crippen LogP contribution in [0.1, 0.15) is 0 Å². The largest absolute Gasteiger partial charge is 0.335 e. The molecule has 0 saturated carbocycles. The fraction of sp³-hybridized carbons (Fsp3) is 0. The van der Waals surface area contributed by atoms with E-state index < -0.39 is 4.92 Å². The van der Waals surface area contributed by atoms with Gasteiger partial charge >= 0.3 is 5.69 Å². The van der Waals surface area contributed by atoms with Crippen molar-refractivity contribution in [2.75, 3.05) is 5.32 Å². The molecule has 0 radical (unpaired) electrons. The van der Waals surface area contributed by atoms with E-state index >= 15 is 0 Å². The normalized spacial score (nSPS) is 9.94. The Bertz CT molecular complexity index is 544. The fourth-order valence-corrected chi connectivity index (χ4v) is 1.34. The van der Waals surface area contributed by atoms with E-state index in [9.17, 15) is 10.1 Å². The Morgan fingerprint density at radius 1 is 1.29 bits per heavy atom. The van der Waals surface area contributed by atoms with Crippen LogP contribution in [-0.4, -0.2) is 14.9 Å². The molecule has 0 aromatic carbocycles. The molecule has 0 fully saturated rings. The number of rotatable bonds is 3. The Morgan fingerprint density at radius 2 is 2.12 bits per heavy atom. The van der Waals surface area contributed by atoms with Crippen LogP contribution in [-0.2, 0) is 0 Å². The topological polar surface area (TPSA) is 81.0 Å². The van der Waals surface area contributed by atoms with Crippen molar-refractivity contribution in [3.05, 3.63) is 51.9 Å². The predicted octanol–water partition coefficient (Wildman–Crippen LogP) is 2.78. The van der Waals surface area contributed by atoms with Gasteiger partial charge in [-0.15, -0.1) is 0 Å². The minimum Gasteiger partial charge on any atom is -0.335 e. The van der Waals surface area contributed by atoms with Gasteiger partial charge in [0.15, 0.2) is 0 Å². The summed E-state index contributed by atoms with van der Waals surface area (Å²) in [7, 11) is 0. The SMILES string of the molecule is O=[N+]([O-])c1cnccc1Nc1ccc(Cl)cn1. The van der Waals surface area contributed by atoms with Gasteiger partial charge in [0.05, 0.1) is 9.95 Å². The molecule has 17 heavy (non-hydrogen) atoms. The molecule has 2 aromatic rings. The van der Waals surface area contributed by atoms with Gasteiger partial charge < -0.3 is 5.32 Å². The molecule has 0 amide bonds. The Morgan fingerprint density at radius 3 is 2.76 bits per heavy atom. The fourth-order valence-electron chi connectivity index (χ4n) is 1.23. The molecule has 0 unspecified atom stereocenters. The number of aromatic nitrogens is 2. The van der Waals surface area contributed by atoms with Crippen molar-refractivity contribution >= 4 is 28.8 Å². The maximum atomic E-state index is 10.8. The molecule has 2 heterocycles. The zero-order valence-corrected chi connectivity index (χ0v) is 9.26. The number of hydrogen-bond acceptors (Lipinski definition) is 5. The lowest BCUT2D eigenvalue weighted by Crippen LogP contribution is -1.98. The first-order chi connectivity index (χ1) is 8.16. The molecule has 0 aliphatic rings. The van der Waals surface area contributed by atoms with Crippen LogP contribution < -0.4 is 5.32 Å². The van der Waals surface area contributed by atoms with Gasteiger partial charge in [0, 0.05) is 12.4 Å². The number of nitrogens with one attached hydrogen (secondary N) is 1. The molecule has 0 bridgehead atoms. The van der Waals surface area contributed by atoms with E-state index in [1.54, 1.807) is 12.1 Å². The number of nitro groups is 1. The summed E-state index contributed by atoms with van der Waals surface area (Å²) in [6, 6.07) is 4.78. The van der Waals surface area contributed by atoms with Crippen molar-refractivity contribution in [2.24, 2.45) is 0 Å². The van der Waals surface area contributed by atoms with Crippen LogP contribution in [0.4, 0.5) is 17.2 Å². The minimum atomic E-state index is -0.509. The summed E-state index contributed by atoms with van der Waals surface area (Å²) in [6.45, 7) is 0. The first-order valence-electron chi connectivity index (χ1n) is 4.64. The van der Waals surface area contributed by atoms with E-state index in [-0.39, 0.29) is 5.69 Å². The monoisotopic (exact) mass is 250 g/mol.